The highest BCUT2D eigenvalue weighted by atomic mass is 19.1. The van der Waals surface area contributed by atoms with Crippen LogP contribution in [0.3, 0.4) is 0 Å². The van der Waals surface area contributed by atoms with Crippen molar-refractivity contribution in [3.05, 3.63) is 29.6 Å². The molecule has 4 heteroatoms. The number of halogens is 1. The Morgan fingerprint density at radius 1 is 1.43 bits per heavy atom. The summed E-state index contributed by atoms with van der Waals surface area (Å²) in [4.78, 5) is 4.71. The maximum absolute atomic E-state index is 13.7. The number of nitrogens with zero attached hydrogens (tertiary/aromatic N) is 2. The summed E-state index contributed by atoms with van der Waals surface area (Å²) in [7, 11) is 4.28. The minimum Gasteiger partial charge on any atom is -0.370 e. The molecule has 0 radical (unpaired) electrons. The van der Waals surface area contributed by atoms with Crippen molar-refractivity contribution < 1.29 is 4.39 Å². The van der Waals surface area contributed by atoms with E-state index in [1.807, 2.05) is 6.07 Å². The summed E-state index contributed by atoms with van der Waals surface area (Å²) in [5.41, 5.74) is 2.24. The number of rotatable bonds is 5. The lowest BCUT2D eigenvalue weighted by Crippen LogP contribution is -2.45. The lowest BCUT2D eigenvalue weighted by Gasteiger charge is -2.39. The third-order valence-corrected chi connectivity index (χ3v) is 4.43. The van der Waals surface area contributed by atoms with Gasteiger partial charge in [-0.1, -0.05) is 6.92 Å². The molecule has 118 valence electrons. The number of nitrogens with one attached hydrogen (secondary N) is 1. The summed E-state index contributed by atoms with van der Waals surface area (Å²) in [5.74, 6) is -0.153. The van der Waals surface area contributed by atoms with E-state index >= 15 is 0 Å². The molecule has 1 aliphatic rings. The lowest BCUT2D eigenvalue weighted by molar-refractivity contribution is 0.258. The van der Waals surface area contributed by atoms with Gasteiger partial charge in [0.15, 0.2) is 0 Å². The SMILES string of the molecule is CCNC(C)c1cc(F)ccc1N1CCCC(N(C)C)C1. The molecule has 21 heavy (non-hydrogen) atoms. The van der Waals surface area contributed by atoms with Crippen LogP contribution in [0.2, 0.25) is 0 Å². The molecule has 1 saturated heterocycles. The molecule has 2 rings (SSSR count). The second-order valence-corrected chi connectivity index (χ2v) is 6.19. The summed E-state index contributed by atoms with van der Waals surface area (Å²) in [6, 6.07) is 5.95. The predicted octanol–water partition coefficient (Wildman–Crippen LogP) is 3.03. The van der Waals surface area contributed by atoms with Gasteiger partial charge in [-0.2, -0.15) is 0 Å². The molecule has 3 nitrogen and oxygen atoms in total. The first-order chi connectivity index (χ1) is 10.0. The van der Waals surface area contributed by atoms with Crippen LogP contribution in [0, 0.1) is 5.82 Å². The molecule has 1 aromatic carbocycles. The maximum Gasteiger partial charge on any atom is 0.123 e. The van der Waals surface area contributed by atoms with Crippen molar-refractivity contribution in [1.82, 2.24) is 10.2 Å². The second-order valence-electron chi connectivity index (χ2n) is 6.19. The van der Waals surface area contributed by atoms with Crippen LogP contribution in [-0.4, -0.2) is 44.7 Å². The average Bonchev–Trinajstić information content (AvgIpc) is 2.47. The number of benzene rings is 1. The molecule has 0 saturated carbocycles. The molecule has 2 unspecified atom stereocenters. The van der Waals surface area contributed by atoms with E-state index in [9.17, 15) is 4.39 Å². The average molecular weight is 293 g/mol. The van der Waals surface area contributed by atoms with Gasteiger partial charge in [-0.05, 0) is 64.2 Å². The fourth-order valence-corrected chi connectivity index (χ4v) is 3.17. The molecular weight excluding hydrogens is 265 g/mol. The molecule has 0 bridgehead atoms. The zero-order valence-electron chi connectivity index (χ0n) is 13.7. The van der Waals surface area contributed by atoms with Crippen molar-refractivity contribution in [2.45, 2.75) is 38.8 Å². The van der Waals surface area contributed by atoms with E-state index in [2.05, 4.69) is 43.1 Å². The van der Waals surface area contributed by atoms with E-state index in [4.69, 9.17) is 0 Å². The molecule has 0 aromatic heterocycles. The molecule has 1 heterocycles. The first kappa shape index (κ1) is 16.2. The Morgan fingerprint density at radius 3 is 2.86 bits per heavy atom. The number of likely N-dealkylation sites (N-methyl/N-ethyl adjacent to an activating group) is 1. The van der Waals surface area contributed by atoms with Gasteiger partial charge in [0.05, 0.1) is 0 Å². The minimum absolute atomic E-state index is 0.153. The molecule has 0 spiro atoms. The van der Waals surface area contributed by atoms with Gasteiger partial charge in [-0.25, -0.2) is 4.39 Å². The fourth-order valence-electron chi connectivity index (χ4n) is 3.17. The highest BCUT2D eigenvalue weighted by Gasteiger charge is 2.24. The molecule has 0 aliphatic carbocycles. The van der Waals surface area contributed by atoms with Crippen LogP contribution in [0.4, 0.5) is 10.1 Å². The summed E-state index contributed by atoms with van der Waals surface area (Å²) >= 11 is 0. The normalized spacial score (nSPS) is 20.9. The number of piperidine rings is 1. The summed E-state index contributed by atoms with van der Waals surface area (Å²) in [5, 5.41) is 3.40. The van der Waals surface area contributed by atoms with Gasteiger partial charge in [0.2, 0.25) is 0 Å². The van der Waals surface area contributed by atoms with E-state index in [0.717, 1.165) is 25.2 Å². The smallest absolute Gasteiger partial charge is 0.123 e. The molecule has 1 aliphatic heterocycles. The Balaban J connectivity index is 2.25. The van der Waals surface area contributed by atoms with Crippen molar-refractivity contribution in [3.63, 3.8) is 0 Å². The van der Waals surface area contributed by atoms with Gasteiger partial charge in [0.1, 0.15) is 5.82 Å². The Kier molecular flexibility index (Phi) is 5.59. The third kappa shape index (κ3) is 3.95. The fraction of sp³-hybridized carbons (Fsp3) is 0.647. The second kappa shape index (κ2) is 7.23. The van der Waals surface area contributed by atoms with Crippen LogP contribution in [0.5, 0.6) is 0 Å². The monoisotopic (exact) mass is 293 g/mol. The lowest BCUT2D eigenvalue weighted by atomic mass is 10.00. The summed E-state index contributed by atoms with van der Waals surface area (Å²) in [6.45, 7) is 7.15. The molecule has 2 atom stereocenters. The molecule has 0 amide bonds. The van der Waals surface area contributed by atoms with Crippen LogP contribution >= 0.6 is 0 Å². The van der Waals surface area contributed by atoms with E-state index in [-0.39, 0.29) is 11.9 Å². The Bertz CT molecular complexity index is 461. The summed E-state index contributed by atoms with van der Waals surface area (Å²) < 4.78 is 13.7. The minimum atomic E-state index is -0.153. The molecule has 1 aromatic rings. The first-order valence-electron chi connectivity index (χ1n) is 7.97. The van der Waals surface area contributed by atoms with E-state index in [1.54, 1.807) is 12.1 Å². The van der Waals surface area contributed by atoms with Crippen molar-refractivity contribution in [2.24, 2.45) is 0 Å². The molecule has 1 N–H and O–H groups in total. The number of anilines is 1. The van der Waals surface area contributed by atoms with Crippen LogP contribution in [0.15, 0.2) is 18.2 Å². The van der Waals surface area contributed by atoms with Crippen molar-refractivity contribution in [2.75, 3.05) is 38.6 Å². The predicted molar refractivity (Wildman–Crippen MR) is 87.4 cm³/mol. The highest BCUT2D eigenvalue weighted by Crippen LogP contribution is 2.30. The van der Waals surface area contributed by atoms with Gasteiger partial charge in [-0.3, -0.25) is 0 Å². The van der Waals surface area contributed by atoms with Gasteiger partial charge < -0.3 is 15.1 Å². The Labute approximate surface area is 128 Å². The quantitative estimate of drug-likeness (QED) is 0.900. The van der Waals surface area contributed by atoms with Crippen molar-refractivity contribution in [1.29, 1.82) is 0 Å². The highest BCUT2D eigenvalue weighted by molar-refractivity contribution is 5.55. The van der Waals surface area contributed by atoms with Gasteiger partial charge in [-0.15, -0.1) is 0 Å². The van der Waals surface area contributed by atoms with E-state index in [0.29, 0.717) is 6.04 Å². The van der Waals surface area contributed by atoms with Crippen molar-refractivity contribution in [3.8, 4) is 0 Å². The zero-order chi connectivity index (χ0) is 15.4. The van der Waals surface area contributed by atoms with E-state index in [1.165, 1.54) is 18.5 Å². The van der Waals surface area contributed by atoms with E-state index < -0.39 is 0 Å². The van der Waals surface area contributed by atoms with Crippen molar-refractivity contribution >= 4 is 5.69 Å². The Hall–Kier alpha value is -1.13. The van der Waals surface area contributed by atoms with Gasteiger partial charge in [0, 0.05) is 30.9 Å². The van der Waals surface area contributed by atoms with Crippen LogP contribution in [0.1, 0.15) is 38.3 Å². The molecular formula is C17H28FN3. The van der Waals surface area contributed by atoms with Gasteiger partial charge in [0.25, 0.3) is 0 Å². The van der Waals surface area contributed by atoms with Crippen LogP contribution < -0.4 is 10.2 Å². The standard InChI is InChI=1S/C17H28FN3/c1-5-19-13(2)16-11-14(18)8-9-17(16)21-10-6-7-15(12-21)20(3)4/h8-9,11,13,15,19H,5-7,10,12H2,1-4H3. The third-order valence-electron chi connectivity index (χ3n) is 4.43. The topological polar surface area (TPSA) is 18.5 Å². The number of hydrogen-bond acceptors (Lipinski definition) is 3. The molecule has 1 fully saturated rings. The van der Waals surface area contributed by atoms with Crippen LogP contribution in [-0.2, 0) is 0 Å². The van der Waals surface area contributed by atoms with Crippen LogP contribution in [0.25, 0.3) is 0 Å². The van der Waals surface area contributed by atoms with Gasteiger partial charge >= 0.3 is 0 Å². The maximum atomic E-state index is 13.7. The Morgan fingerprint density at radius 2 is 2.19 bits per heavy atom. The number of hydrogen-bond donors (Lipinski definition) is 1. The zero-order valence-corrected chi connectivity index (χ0v) is 13.7. The first-order valence-corrected chi connectivity index (χ1v) is 7.97. The largest absolute Gasteiger partial charge is 0.370 e. The summed E-state index contributed by atoms with van der Waals surface area (Å²) in [6.07, 6.45) is 2.43.